The van der Waals surface area contributed by atoms with Crippen molar-refractivity contribution in [1.82, 2.24) is 4.57 Å². The van der Waals surface area contributed by atoms with Gasteiger partial charge in [0.2, 0.25) is 0 Å². The third-order valence-corrected chi connectivity index (χ3v) is 5.14. The third kappa shape index (κ3) is 4.58. The second-order valence-corrected chi connectivity index (χ2v) is 7.16. The standard InChI is InChI=1S/C25H25NO2.C2H6/c1-18-8-13-24-23(16-18)19(2)25(21-6-4-3-5-7-21)26(24)17-20-9-11-22(12-10-20)28-15-14-27;1-2/h3-13,16,27H,14-15,17H2,1-2H3;1-2H3. The number of aliphatic hydroxyl groups excluding tert-OH is 1. The molecule has 0 aliphatic heterocycles. The van der Waals surface area contributed by atoms with Gasteiger partial charge in [-0.05, 0) is 54.8 Å². The van der Waals surface area contributed by atoms with Gasteiger partial charge in [-0.25, -0.2) is 0 Å². The molecule has 0 radical (unpaired) electrons. The molecule has 3 nitrogen and oxygen atoms in total. The Balaban J connectivity index is 0.00000124. The normalized spacial score (nSPS) is 10.6. The SMILES string of the molecule is CC.Cc1ccc2c(c1)c(C)c(-c1ccccc1)n2Cc1ccc(OCCO)cc1. The summed E-state index contributed by atoms with van der Waals surface area (Å²) in [6, 6.07) is 25.4. The Labute approximate surface area is 179 Å². The monoisotopic (exact) mass is 401 g/mol. The van der Waals surface area contributed by atoms with E-state index in [0.717, 1.165) is 12.3 Å². The van der Waals surface area contributed by atoms with Crippen LogP contribution in [0.3, 0.4) is 0 Å². The van der Waals surface area contributed by atoms with Gasteiger partial charge in [0, 0.05) is 17.4 Å². The molecule has 0 amide bonds. The Morgan fingerprint density at radius 2 is 1.57 bits per heavy atom. The first-order valence-corrected chi connectivity index (χ1v) is 10.6. The summed E-state index contributed by atoms with van der Waals surface area (Å²) in [7, 11) is 0. The molecule has 4 aromatic rings. The quantitative estimate of drug-likeness (QED) is 0.407. The molecule has 0 atom stereocenters. The summed E-state index contributed by atoms with van der Waals surface area (Å²) in [4.78, 5) is 0. The molecule has 0 aliphatic carbocycles. The number of aromatic nitrogens is 1. The van der Waals surface area contributed by atoms with Crippen molar-refractivity contribution in [2.24, 2.45) is 0 Å². The fraction of sp³-hybridized carbons (Fsp3) is 0.259. The highest BCUT2D eigenvalue weighted by Crippen LogP contribution is 2.34. The summed E-state index contributed by atoms with van der Waals surface area (Å²) in [6.45, 7) is 9.49. The molecule has 0 unspecified atom stereocenters. The molecule has 0 fully saturated rings. The van der Waals surface area contributed by atoms with Crippen molar-refractivity contribution in [3.63, 3.8) is 0 Å². The van der Waals surface area contributed by atoms with E-state index in [9.17, 15) is 0 Å². The van der Waals surface area contributed by atoms with Crippen molar-refractivity contribution in [2.45, 2.75) is 34.2 Å². The Morgan fingerprint density at radius 1 is 0.867 bits per heavy atom. The summed E-state index contributed by atoms with van der Waals surface area (Å²) in [5.74, 6) is 0.783. The summed E-state index contributed by atoms with van der Waals surface area (Å²) in [5.41, 5.74) is 7.55. The van der Waals surface area contributed by atoms with Crippen LogP contribution in [0.15, 0.2) is 72.8 Å². The maximum absolute atomic E-state index is 8.91. The first kappa shape index (κ1) is 21.7. The van der Waals surface area contributed by atoms with E-state index in [4.69, 9.17) is 9.84 Å². The largest absolute Gasteiger partial charge is 0.491 e. The minimum atomic E-state index is 0.0240. The Hall–Kier alpha value is -3.04. The van der Waals surface area contributed by atoms with Crippen LogP contribution in [0.2, 0.25) is 0 Å². The maximum Gasteiger partial charge on any atom is 0.119 e. The van der Waals surface area contributed by atoms with Crippen molar-refractivity contribution < 1.29 is 9.84 Å². The van der Waals surface area contributed by atoms with Crippen LogP contribution in [0, 0.1) is 13.8 Å². The van der Waals surface area contributed by atoms with Crippen LogP contribution in [-0.4, -0.2) is 22.9 Å². The van der Waals surface area contributed by atoms with Crippen LogP contribution < -0.4 is 4.74 Å². The second kappa shape index (κ2) is 10.1. The highest BCUT2D eigenvalue weighted by atomic mass is 16.5. The van der Waals surface area contributed by atoms with Crippen LogP contribution >= 0.6 is 0 Å². The van der Waals surface area contributed by atoms with Crippen LogP contribution in [0.4, 0.5) is 0 Å². The molecule has 1 heterocycles. The number of hydrogen-bond acceptors (Lipinski definition) is 2. The van der Waals surface area contributed by atoms with Gasteiger partial charge < -0.3 is 14.4 Å². The van der Waals surface area contributed by atoms with Crippen LogP contribution in [0.25, 0.3) is 22.2 Å². The van der Waals surface area contributed by atoms with E-state index in [-0.39, 0.29) is 6.61 Å². The zero-order valence-electron chi connectivity index (χ0n) is 18.4. The van der Waals surface area contributed by atoms with Crippen molar-refractivity contribution in [3.8, 4) is 17.0 Å². The average Bonchev–Trinajstić information content (AvgIpc) is 3.06. The Bertz CT molecular complexity index is 1080. The smallest absolute Gasteiger partial charge is 0.119 e. The topological polar surface area (TPSA) is 34.4 Å². The highest BCUT2D eigenvalue weighted by Gasteiger charge is 2.16. The Morgan fingerprint density at radius 3 is 2.23 bits per heavy atom. The molecule has 3 aromatic carbocycles. The fourth-order valence-corrected chi connectivity index (χ4v) is 3.81. The molecule has 156 valence electrons. The minimum Gasteiger partial charge on any atom is -0.491 e. The lowest BCUT2D eigenvalue weighted by Crippen LogP contribution is -2.03. The highest BCUT2D eigenvalue weighted by molar-refractivity contribution is 5.92. The van der Waals surface area contributed by atoms with Gasteiger partial charge in [0.05, 0.1) is 12.3 Å². The van der Waals surface area contributed by atoms with E-state index in [2.05, 4.69) is 79.1 Å². The van der Waals surface area contributed by atoms with Crippen LogP contribution in [0.5, 0.6) is 5.75 Å². The molecule has 30 heavy (non-hydrogen) atoms. The molecule has 1 N–H and O–H groups in total. The maximum atomic E-state index is 8.91. The lowest BCUT2D eigenvalue weighted by atomic mass is 10.1. The van der Waals surface area contributed by atoms with Gasteiger partial charge in [-0.15, -0.1) is 0 Å². The number of aryl methyl sites for hydroxylation is 2. The van der Waals surface area contributed by atoms with Crippen molar-refractivity contribution in [1.29, 1.82) is 0 Å². The van der Waals surface area contributed by atoms with Gasteiger partial charge in [-0.3, -0.25) is 0 Å². The number of ether oxygens (including phenoxy) is 1. The zero-order chi connectivity index (χ0) is 21.5. The molecule has 1 aromatic heterocycles. The van der Waals surface area contributed by atoms with Gasteiger partial charge in [-0.2, -0.15) is 0 Å². The first-order chi connectivity index (χ1) is 14.7. The summed E-state index contributed by atoms with van der Waals surface area (Å²) < 4.78 is 7.89. The van der Waals surface area contributed by atoms with Gasteiger partial charge in [-0.1, -0.05) is 67.9 Å². The van der Waals surface area contributed by atoms with Crippen LogP contribution in [-0.2, 0) is 6.54 Å². The summed E-state index contributed by atoms with van der Waals surface area (Å²) in [5, 5.41) is 10.2. The lowest BCUT2D eigenvalue weighted by molar-refractivity contribution is 0.201. The lowest BCUT2D eigenvalue weighted by Gasteiger charge is -2.13. The predicted octanol–water partition coefficient (Wildman–Crippen LogP) is 6.37. The minimum absolute atomic E-state index is 0.0240. The predicted molar refractivity (Wildman–Crippen MR) is 126 cm³/mol. The van der Waals surface area contributed by atoms with Gasteiger partial charge >= 0.3 is 0 Å². The van der Waals surface area contributed by atoms with Crippen molar-refractivity contribution in [2.75, 3.05) is 13.2 Å². The molecule has 3 heteroatoms. The van der Waals surface area contributed by atoms with E-state index in [1.54, 1.807) is 0 Å². The first-order valence-electron chi connectivity index (χ1n) is 10.6. The van der Waals surface area contributed by atoms with Crippen molar-refractivity contribution in [3.05, 3.63) is 89.5 Å². The number of nitrogens with zero attached hydrogens (tertiary/aromatic N) is 1. The van der Waals surface area contributed by atoms with E-state index >= 15 is 0 Å². The molecule has 0 saturated heterocycles. The molecular formula is C27H31NO2. The summed E-state index contributed by atoms with van der Waals surface area (Å²) in [6.07, 6.45) is 0. The van der Waals surface area contributed by atoms with Crippen LogP contribution in [0.1, 0.15) is 30.5 Å². The van der Waals surface area contributed by atoms with Gasteiger partial charge in [0.1, 0.15) is 12.4 Å². The second-order valence-electron chi connectivity index (χ2n) is 7.16. The fourth-order valence-electron chi connectivity index (χ4n) is 3.81. The van der Waals surface area contributed by atoms with E-state index in [1.165, 1.54) is 38.9 Å². The van der Waals surface area contributed by atoms with E-state index in [0.29, 0.717) is 6.61 Å². The zero-order valence-corrected chi connectivity index (χ0v) is 18.4. The third-order valence-electron chi connectivity index (χ3n) is 5.14. The molecule has 0 aliphatic rings. The number of benzene rings is 3. The van der Waals surface area contributed by atoms with Gasteiger partial charge in [0.15, 0.2) is 0 Å². The summed E-state index contributed by atoms with van der Waals surface area (Å²) >= 11 is 0. The molecule has 0 saturated carbocycles. The van der Waals surface area contributed by atoms with Gasteiger partial charge in [0.25, 0.3) is 0 Å². The van der Waals surface area contributed by atoms with Crippen molar-refractivity contribution >= 4 is 10.9 Å². The number of hydrogen-bond donors (Lipinski definition) is 1. The molecule has 0 bridgehead atoms. The number of aliphatic hydroxyl groups is 1. The molecular weight excluding hydrogens is 370 g/mol. The molecule has 0 spiro atoms. The van der Waals surface area contributed by atoms with E-state index < -0.39 is 0 Å². The number of rotatable bonds is 6. The molecule has 4 rings (SSSR count). The Kier molecular flexibility index (Phi) is 7.31. The van der Waals surface area contributed by atoms with E-state index in [1.807, 2.05) is 26.0 Å². The number of fused-ring (bicyclic) bond motifs is 1. The average molecular weight is 402 g/mol.